The fourth-order valence-corrected chi connectivity index (χ4v) is 3.33. The largest absolute Gasteiger partial charge is 0.0623 e. The monoisotopic (exact) mass is 468 g/mol. The summed E-state index contributed by atoms with van der Waals surface area (Å²) >= 11 is 3.19. The van der Waals surface area contributed by atoms with E-state index in [1.165, 1.54) is 0 Å². The summed E-state index contributed by atoms with van der Waals surface area (Å²) in [5, 5.41) is 0. The van der Waals surface area contributed by atoms with Gasteiger partial charge in [-0.05, 0) is 72.8 Å². The third-order valence-electron chi connectivity index (χ3n) is 4.71. The van der Waals surface area contributed by atoms with E-state index in [2.05, 4.69) is 60.5 Å². The van der Waals surface area contributed by atoms with Crippen LogP contribution in [0.4, 0.5) is 0 Å². The van der Waals surface area contributed by atoms with Crippen LogP contribution in [-0.2, 0) is 16.3 Å². The zero-order valence-electron chi connectivity index (χ0n) is 17.0. The SMILES string of the molecule is C1=Cc2cc3ccc(cc4nc(cc5ccc(cc1n2)[nH]5)C=C4)[nH]3.[OH][Cu].c1ccccc1. The minimum Gasteiger partial charge on any atom is -0.0623 e. The molecule has 0 spiro atoms. The predicted octanol–water partition coefficient (Wildman–Crippen LogP) is 5.78. The molecular weight excluding hydrogens is 448 g/mol. The number of aromatic nitrogens is 4. The first-order chi connectivity index (χ1) is 15.8. The second-order valence-corrected chi connectivity index (χ2v) is 7.06. The Kier molecular flexibility index (Phi) is 7.10. The van der Waals surface area contributed by atoms with Crippen molar-refractivity contribution in [2.75, 3.05) is 0 Å². The van der Waals surface area contributed by atoms with Crippen molar-refractivity contribution < 1.29 is 20.5 Å². The number of fused-ring (bicyclic) bond motifs is 8. The van der Waals surface area contributed by atoms with Crippen LogP contribution >= 0.6 is 0 Å². The van der Waals surface area contributed by atoms with Crippen molar-refractivity contribution in [1.82, 2.24) is 19.9 Å². The van der Waals surface area contributed by atoms with Crippen LogP contribution in [-0.4, -0.2) is 24.1 Å². The third kappa shape index (κ3) is 5.71. The van der Waals surface area contributed by atoms with Crippen LogP contribution in [0.25, 0.3) is 46.4 Å². The van der Waals surface area contributed by atoms with Gasteiger partial charge in [0.15, 0.2) is 0 Å². The van der Waals surface area contributed by atoms with Crippen molar-refractivity contribution in [3.8, 4) is 0 Å². The zero-order chi connectivity index (χ0) is 22.2. The molecular formula is C26H21CuN4O. The summed E-state index contributed by atoms with van der Waals surface area (Å²) in [5.74, 6) is 0. The van der Waals surface area contributed by atoms with Gasteiger partial charge in [0.25, 0.3) is 0 Å². The Morgan fingerprint density at radius 2 is 0.719 bits per heavy atom. The minimum absolute atomic E-state index is 0.939. The molecule has 5 heterocycles. The van der Waals surface area contributed by atoms with E-state index in [1.807, 2.05) is 85.0 Å². The number of rotatable bonds is 0. The van der Waals surface area contributed by atoms with E-state index in [9.17, 15) is 0 Å². The molecule has 2 aliphatic heterocycles. The van der Waals surface area contributed by atoms with Crippen molar-refractivity contribution in [2.24, 2.45) is 0 Å². The van der Waals surface area contributed by atoms with Crippen molar-refractivity contribution in [2.45, 2.75) is 0 Å². The fraction of sp³-hybridized carbons (Fsp3) is 0. The molecule has 32 heavy (non-hydrogen) atoms. The Labute approximate surface area is 194 Å². The maximum absolute atomic E-state index is 6.56. The van der Waals surface area contributed by atoms with E-state index in [4.69, 9.17) is 4.19 Å². The molecule has 162 valence electrons. The topological polar surface area (TPSA) is 77.6 Å². The fourth-order valence-electron chi connectivity index (χ4n) is 3.33. The van der Waals surface area contributed by atoms with Gasteiger partial charge in [0.05, 0.1) is 22.8 Å². The Morgan fingerprint density at radius 1 is 0.469 bits per heavy atom. The molecule has 6 rings (SSSR count). The van der Waals surface area contributed by atoms with Gasteiger partial charge in [-0.1, -0.05) is 36.4 Å². The maximum Gasteiger partial charge on any atom is -0.0623 e. The Bertz CT molecular complexity index is 1200. The quantitative estimate of drug-likeness (QED) is 0.247. The van der Waals surface area contributed by atoms with Gasteiger partial charge in [-0.25, -0.2) is 9.97 Å². The number of hydrogen-bond donors (Lipinski definition) is 3. The summed E-state index contributed by atoms with van der Waals surface area (Å²) in [6, 6.07) is 28.4. The average Bonchev–Trinajstić information content (AvgIpc) is 3.63. The zero-order valence-corrected chi connectivity index (χ0v) is 18.0. The van der Waals surface area contributed by atoms with E-state index in [-0.39, 0.29) is 0 Å². The van der Waals surface area contributed by atoms with E-state index >= 15 is 0 Å². The molecule has 0 amide bonds. The van der Waals surface area contributed by atoms with Crippen LogP contribution in [0.15, 0.2) is 84.9 Å². The predicted molar refractivity (Wildman–Crippen MR) is 128 cm³/mol. The molecule has 3 aromatic heterocycles. The van der Waals surface area contributed by atoms with Crippen LogP contribution in [0.1, 0.15) is 22.8 Å². The van der Waals surface area contributed by atoms with Crippen LogP contribution < -0.4 is 0 Å². The summed E-state index contributed by atoms with van der Waals surface area (Å²) < 4.78 is 6.56. The molecule has 6 heteroatoms. The minimum atomic E-state index is 0.939. The molecule has 0 radical (unpaired) electrons. The molecule has 5 nitrogen and oxygen atoms in total. The second kappa shape index (κ2) is 10.6. The smallest absolute Gasteiger partial charge is 0.0623 e. The van der Waals surface area contributed by atoms with Gasteiger partial charge >= 0.3 is 20.5 Å². The molecule has 1 aromatic carbocycles. The van der Waals surface area contributed by atoms with Gasteiger partial charge in [0.1, 0.15) is 0 Å². The van der Waals surface area contributed by atoms with Gasteiger partial charge < -0.3 is 9.97 Å². The van der Waals surface area contributed by atoms with Gasteiger partial charge in [-0.2, -0.15) is 0 Å². The molecule has 8 bridgehead atoms. The van der Waals surface area contributed by atoms with E-state index in [0.29, 0.717) is 0 Å². The molecule has 2 aliphatic rings. The summed E-state index contributed by atoms with van der Waals surface area (Å²) in [6.07, 6.45) is 8.09. The van der Waals surface area contributed by atoms with E-state index in [1.54, 1.807) is 0 Å². The Morgan fingerprint density at radius 3 is 0.969 bits per heavy atom. The van der Waals surface area contributed by atoms with Crippen molar-refractivity contribution in [3.63, 3.8) is 0 Å². The number of benzene rings is 1. The summed E-state index contributed by atoms with van der Waals surface area (Å²) in [5.41, 5.74) is 7.86. The van der Waals surface area contributed by atoms with Crippen molar-refractivity contribution >= 4 is 46.4 Å². The van der Waals surface area contributed by atoms with Crippen molar-refractivity contribution in [3.05, 3.63) is 108 Å². The molecule has 0 aliphatic carbocycles. The average molecular weight is 469 g/mol. The number of nitrogens with one attached hydrogen (secondary N) is 2. The molecule has 3 N–H and O–H groups in total. The van der Waals surface area contributed by atoms with E-state index in [0.717, 1.165) is 44.8 Å². The van der Waals surface area contributed by atoms with Crippen LogP contribution in [0.3, 0.4) is 0 Å². The second-order valence-electron chi connectivity index (χ2n) is 7.06. The van der Waals surface area contributed by atoms with Gasteiger partial charge in [0.2, 0.25) is 0 Å². The summed E-state index contributed by atoms with van der Waals surface area (Å²) in [6.45, 7) is 0. The van der Waals surface area contributed by atoms with Gasteiger partial charge in [0, 0.05) is 22.1 Å². The number of hydrogen-bond acceptors (Lipinski definition) is 3. The number of H-pyrrole nitrogens is 2. The van der Waals surface area contributed by atoms with Gasteiger partial charge in [-0.3, -0.25) is 0 Å². The molecule has 4 aromatic rings. The summed E-state index contributed by atoms with van der Waals surface area (Å²) in [7, 11) is 0. The van der Waals surface area contributed by atoms with Crippen LogP contribution in [0.5, 0.6) is 0 Å². The molecule has 0 saturated carbocycles. The first kappa shape index (κ1) is 21.5. The standard InChI is InChI=1S/C20H14N4.C6H6.Cu.H2O/c1-2-14-10-16-5-6-18(23-16)12-20-8-7-19(24-20)11-17-4-3-15(22-17)9-13(1)21-14;1-2-4-6-5-3-1;;/h1-12,21,24H;1-6H;;1H2/q;;+1;/p-1. The van der Waals surface area contributed by atoms with Crippen LogP contribution in [0.2, 0.25) is 0 Å². The molecule has 0 unspecified atom stereocenters. The number of nitrogens with zero attached hydrogens (tertiary/aromatic N) is 2. The molecule has 0 atom stereocenters. The number of aromatic amines is 2. The Hall–Kier alpha value is -3.70. The Balaban J connectivity index is 0.000000263. The first-order valence-electron chi connectivity index (χ1n) is 9.98. The maximum atomic E-state index is 6.56. The van der Waals surface area contributed by atoms with Crippen LogP contribution in [0, 0.1) is 0 Å². The van der Waals surface area contributed by atoms with Crippen molar-refractivity contribution in [1.29, 1.82) is 0 Å². The first-order valence-corrected chi connectivity index (χ1v) is 10.4. The molecule has 0 saturated heterocycles. The third-order valence-corrected chi connectivity index (χ3v) is 4.71. The normalized spacial score (nSPS) is 11.2. The summed E-state index contributed by atoms with van der Waals surface area (Å²) in [4.78, 5) is 16.0. The molecule has 0 fully saturated rings. The van der Waals surface area contributed by atoms with E-state index < -0.39 is 0 Å². The van der Waals surface area contributed by atoms with Gasteiger partial charge in [-0.15, -0.1) is 0 Å².